The Morgan fingerprint density at radius 1 is 0.917 bits per heavy atom. The van der Waals surface area contributed by atoms with E-state index in [1.54, 1.807) is 0 Å². The van der Waals surface area contributed by atoms with Gasteiger partial charge in [0.1, 0.15) is 0 Å². The average molecular weight is 337 g/mol. The largest absolute Gasteiger partial charge is 0.378 e. The predicted molar refractivity (Wildman–Crippen MR) is 91.6 cm³/mol. The van der Waals surface area contributed by atoms with Crippen LogP contribution in [-0.4, -0.2) is 61.1 Å². The number of amides is 2. The summed E-state index contributed by atoms with van der Waals surface area (Å²) in [4.78, 5) is 26.1. The Balaban J connectivity index is 1.27. The molecular weight excluding hydrogens is 306 g/mol. The molecule has 3 rings (SSSR count). The van der Waals surface area contributed by atoms with E-state index in [0.29, 0.717) is 19.0 Å². The normalized spacial score (nSPS) is 26.1. The molecule has 3 fully saturated rings. The number of carbonyl (C=O) groups is 2. The van der Waals surface area contributed by atoms with Gasteiger partial charge >= 0.3 is 0 Å². The second kappa shape index (κ2) is 8.81. The summed E-state index contributed by atoms with van der Waals surface area (Å²) in [6, 6.07) is 0.690. The molecule has 1 atom stereocenters. The van der Waals surface area contributed by atoms with Crippen molar-refractivity contribution in [2.24, 2.45) is 0 Å². The molecular formula is C18H31N3O3. The highest BCUT2D eigenvalue weighted by molar-refractivity contribution is 5.78. The van der Waals surface area contributed by atoms with Gasteiger partial charge in [-0.1, -0.05) is 0 Å². The quantitative estimate of drug-likeness (QED) is 0.732. The molecule has 1 unspecified atom stereocenters. The maximum Gasteiger partial charge on any atom is 0.234 e. The number of rotatable bonds is 7. The number of likely N-dealkylation sites (tertiary alicyclic amines) is 1. The lowest BCUT2D eigenvalue weighted by Gasteiger charge is -2.32. The second-order valence-corrected chi connectivity index (χ2v) is 7.49. The SMILES string of the molecule is O=C(CCC1CCCCO1)NC1CCN(CC(=O)NC2CC2)CC1. The van der Waals surface area contributed by atoms with E-state index in [-0.39, 0.29) is 24.0 Å². The topological polar surface area (TPSA) is 70.7 Å². The van der Waals surface area contributed by atoms with E-state index in [1.807, 2.05) is 0 Å². The molecule has 0 spiro atoms. The van der Waals surface area contributed by atoms with Crippen LogP contribution < -0.4 is 10.6 Å². The average Bonchev–Trinajstić information content (AvgIpc) is 3.39. The van der Waals surface area contributed by atoms with Gasteiger partial charge in [0, 0.05) is 38.2 Å². The number of nitrogens with zero attached hydrogens (tertiary/aromatic N) is 1. The fourth-order valence-corrected chi connectivity index (χ4v) is 3.57. The monoisotopic (exact) mass is 337 g/mol. The summed E-state index contributed by atoms with van der Waals surface area (Å²) in [5.74, 6) is 0.293. The van der Waals surface area contributed by atoms with E-state index in [2.05, 4.69) is 15.5 Å². The Bertz CT molecular complexity index is 425. The first kappa shape index (κ1) is 17.7. The van der Waals surface area contributed by atoms with Crippen LogP contribution in [0.5, 0.6) is 0 Å². The van der Waals surface area contributed by atoms with Crippen molar-refractivity contribution in [3.05, 3.63) is 0 Å². The molecule has 1 aliphatic carbocycles. The van der Waals surface area contributed by atoms with Crippen LogP contribution >= 0.6 is 0 Å². The van der Waals surface area contributed by atoms with E-state index in [1.165, 1.54) is 6.42 Å². The molecule has 2 saturated heterocycles. The Kier molecular flexibility index (Phi) is 6.49. The van der Waals surface area contributed by atoms with E-state index >= 15 is 0 Å². The number of hydrogen-bond acceptors (Lipinski definition) is 4. The van der Waals surface area contributed by atoms with Crippen molar-refractivity contribution >= 4 is 11.8 Å². The van der Waals surface area contributed by atoms with Gasteiger partial charge in [0.05, 0.1) is 12.6 Å². The number of ether oxygens (including phenoxy) is 1. The van der Waals surface area contributed by atoms with Crippen molar-refractivity contribution in [3.63, 3.8) is 0 Å². The summed E-state index contributed by atoms with van der Waals surface area (Å²) in [6.07, 6.45) is 9.27. The maximum atomic E-state index is 12.1. The smallest absolute Gasteiger partial charge is 0.234 e. The Morgan fingerprint density at radius 3 is 2.29 bits per heavy atom. The van der Waals surface area contributed by atoms with E-state index < -0.39 is 0 Å². The Hall–Kier alpha value is -1.14. The molecule has 136 valence electrons. The molecule has 6 heteroatoms. The summed E-state index contributed by atoms with van der Waals surface area (Å²) < 4.78 is 5.68. The molecule has 2 aliphatic heterocycles. The third kappa shape index (κ3) is 6.06. The van der Waals surface area contributed by atoms with Gasteiger partial charge < -0.3 is 15.4 Å². The molecule has 0 aromatic rings. The third-order valence-electron chi connectivity index (χ3n) is 5.23. The highest BCUT2D eigenvalue weighted by atomic mass is 16.5. The van der Waals surface area contributed by atoms with Crippen LogP contribution in [0, 0.1) is 0 Å². The zero-order valence-electron chi connectivity index (χ0n) is 14.6. The molecule has 0 bridgehead atoms. The molecule has 3 aliphatic rings. The van der Waals surface area contributed by atoms with Gasteiger partial charge in [0.15, 0.2) is 0 Å². The van der Waals surface area contributed by atoms with Gasteiger partial charge in [-0.3, -0.25) is 14.5 Å². The molecule has 2 heterocycles. The zero-order valence-corrected chi connectivity index (χ0v) is 14.6. The van der Waals surface area contributed by atoms with Crippen LogP contribution in [0.1, 0.15) is 57.8 Å². The molecule has 0 aromatic heterocycles. The zero-order chi connectivity index (χ0) is 16.8. The fraction of sp³-hybridized carbons (Fsp3) is 0.889. The first-order valence-corrected chi connectivity index (χ1v) is 9.62. The van der Waals surface area contributed by atoms with Crippen molar-refractivity contribution in [1.82, 2.24) is 15.5 Å². The van der Waals surface area contributed by atoms with Gasteiger partial charge in [-0.2, -0.15) is 0 Å². The van der Waals surface area contributed by atoms with Crippen molar-refractivity contribution in [2.45, 2.75) is 76.0 Å². The minimum atomic E-state index is 0.146. The summed E-state index contributed by atoms with van der Waals surface area (Å²) in [5.41, 5.74) is 0. The molecule has 6 nitrogen and oxygen atoms in total. The van der Waals surface area contributed by atoms with Crippen molar-refractivity contribution in [3.8, 4) is 0 Å². The lowest BCUT2D eigenvalue weighted by molar-refractivity contribution is -0.124. The van der Waals surface area contributed by atoms with E-state index in [9.17, 15) is 9.59 Å². The maximum absolute atomic E-state index is 12.1. The molecule has 2 amide bonds. The van der Waals surface area contributed by atoms with Crippen LogP contribution in [0.2, 0.25) is 0 Å². The molecule has 24 heavy (non-hydrogen) atoms. The van der Waals surface area contributed by atoms with Gasteiger partial charge in [-0.15, -0.1) is 0 Å². The van der Waals surface area contributed by atoms with Crippen molar-refractivity contribution in [1.29, 1.82) is 0 Å². The van der Waals surface area contributed by atoms with Crippen LogP contribution in [0.15, 0.2) is 0 Å². The standard InChI is InChI=1S/C18H31N3O3/c22-17(7-6-16-3-1-2-12-24-16)19-15-8-10-21(11-9-15)13-18(23)20-14-4-5-14/h14-16H,1-13H2,(H,19,22)(H,20,23). The lowest BCUT2D eigenvalue weighted by Crippen LogP contribution is -2.47. The Labute approximate surface area is 144 Å². The number of hydrogen-bond donors (Lipinski definition) is 2. The van der Waals surface area contributed by atoms with Crippen LogP contribution in [-0.2, 0) is 14.3 Å². The predicted octanol–water partition coefficient (Wildman–Crippen LogP) is 1.19. The number of nitrogens with one attached hydrogen (secondary N) is 2. The minimum absolute atomic E-state index is 0.146. The lowest BCUT2D eigenvalue weighted by atomic mass is 10.0. The van der Waals surface area contributed by atoms with Crippen molar-refractivity contribution in [2.75, 3.05) is 26.2 Å². The molecule has 1 saturated carbocycles. The van der Waals surface area contributed by atoms with E-state index in [4.69, 9.17) is 4.74 Å². The van der Waals surface area contributed by atoms with Gasteiger partial charge in [0.2, 0.25) is 11.8 Å². The third-order valence-corrected chi connectivity index (χ3v) is 5.23. The number of carbonyl (C=O) groups excluding carboxylic acids is 2. The van der Waals surface area contributed by atoms with E-state index in [0.717, 1.165) is 64.6 Å². The first-order chi connectivity index (χ1) is 11.7. The van der Waals surface area contributed by atoms with Gasteiger partial charge in [-0.05, 0) is 51.4 Å². The summed E-state index contributed by atoms with van der Waals surface area (Å²) in [7, 11) is 0. The Morgan fingerprint density at radius 2 is 1.62 bits per heavy atom. The molecule has 0 aromatic carbocycles. The highest BCUT2D eigenvalue weighted by Crippen LogP contribution is 2.19. The summed E-state index contributed by atoms with van der Waals surface area (Å²) >= 11 is 0. The minimum Gasteiger partial charge on any atom is -0.378 e. The van der Waals surface area contributed by atoms with Gasteiger partial charge in [0.25, 0.3) is 0 Å². The van der Waals surface area contributed by atoms with Crippen LogP contribution in [0.3, 0.4) is 0 Å². The summed E-state index contributed by atoms with van der Waals surface area (Å²) in [6.45, 7) is 3.11. The molecule has 0 radical (unpaired) electrons. The second-order valence-electron chi connectivity index (χ2n) is 7.49. The first-order valence-electron chi connectivity index (χ1n) is 9.62. The van der Waals surface area contributed by atoms with Crippen LogP contribution in [0.25, 0.3) is 0 Å². The van der Waals surface area contributed by atoms with Gasteiger partial charge in [-0.25, -0.2) is 0 Å². The fourth-order valence-electron chi connectivity index (χ4n) is 3.57. The summed E-state index contributed by atoms with van der Waals surface area (Å²) in [5, 5.41) is 6.18. The highest BCUT2D eigenvalue weighted by Gasteiger charge is 2.26. The van der Waals surface area contributed by atoms with Crippen molar-refractivity contribution < 1.29 is 14.3 Å². The van der Waals surface area contributed by atoms with Crippen LogP contribution in [0.4, 0.5) is 0 Å². The molecule has 2 N–H and O–H groups in total. The number of piperidine rings is 1.